The molecule has 0 aliphatic carbocycles. The molecule has 0 aromatic heterocycles. The van der Waals surface area contributed by atoms with E-state index in [0.29, 0.717) is 19.5 Å². The predicted molar refractivity (Wildman–Crippen MR) is 98.2 cm³/mol. The van der Waals surface area contributed by atoms with E-state index in [1.165, 1.54) is 0 Å². The third-order valence-electron chi connectivity index (χ3n) is 4.33. The minimum absolute atomic E-state index is 0.125. The van der Waals surface area contributed by atoms with Crippen LogP contribution in [0.15, 0.2) is 60.7 Å². The van der Waals surface area contributed by atoms with Gasteiger partial charge in [0.2, 0.25) is 5.91 Å². The first-order valence-electron chi connectivity index (χ1n) is 8.74. The van der Waals surface area contributed by atoms with Crippen LogP contribution >= 0.6 is 0 Å². The zero-order chi connectivity index (χ0) is 18.2. The summed E-state index contributed by atoms with van der Waals surface area (Å²) in [6.45, 7) is 1.34. The van der Waals surface area contributed by atoms with Crippen LogP contribution in [0.4, 0.5) is 4.79 Å². The summed E-state index contributed by atoms with van der Waals surface area (Å²) in [6, 6.07) is 18.5. The number of hydrogen-bond donors (Lipinski definition) is 3. The molecule has 2 aromatic carbocycles. The van der Waals surface area contributed by atoms with Gasteiger partial charge in [0.1, 0.15) is 12.6 Å². The van der Waals surface area contributed by atoms with Crippen molar-refractivity contribution < 1.29 is 14.3 Å². The van der Waals surface area contributed by atoms with Crippen LogP contribution in [0.5, 0.6) is 0 Å². The van der Waals surface area contributed by atoms with Crippen molar-refractivity contribution in [3.8, 4) is 0 Å². The van der Waals surface area contributed by atoms with Gasteiger partial charge in [0.25, 0.3) is 0 Å². The van der Waals surface area contributed by atoms with E-state index in [9.17, 15) is 9.59 Å². The van der Waals surface area contributed by atoms with E-state index >= 15 is 0 Å². The Balaban J connectivity index is 1.46. The van der Waals surface area contributed by atoms with Gasteiger partial charge in [-0.25, -0.2) is 4.79 Å². The van der Waals surface area contributed by atoms with Crippen LogP contribution in [0.3, 0.4) is 0 Å². The van der Waals surface area contributed by atoms with Gasteiger partial charge in [-0.15, -0.1) is 0 Å². The van der Waals surface area contributed by atoms with Crippen molar-refractivity contribution in [2.24, 2.45) is 0 Å². The fourth-order valence-corrected chi connectivity index (χ4v) is 2.95. The summed E-state index contributed by atoms with van der Waals surface area (Å²) in [5.41, 5.74) is 1.95. The lowest BCUT2D eigenvalue weighted by molar-refractivity contribution is -0.123. The van der Waals surface area contributed by atoms with E-state index < -0.39 is 12.1 Å². The number of alkyl carbamates (subject to hydrolysis) is 1. The van der Waals surface area contributed by atoms with Crippen LogP contribution in [-0.4, -0.2) is 30.6 Å². The van der Waals surface area contributed by atoms with E-state index in [4.69, 9.17) is 4.74 Å². The van der Waals surface area contributed by atoms with Crippen molar-refractivity contribution in [2.45, 2.75) is 31.7 Å². The maximum Gasteiger partial charge on any atom is 0.407 e. The molecule has 6 heteroatoms. The molecule has 2 atom stereocenters. The second kappa shape index (κ2) is 9.01. The molecule has 0 spiro atoms. The number of nitrogens with one attached hydrogen (secondary N) is 3. The molecular formula is C20H23N3O3. The maximum absolute atomic E-state index is 12.4. The second-order valence-electron chi connectivity index (χ2n) is 6.24. The zero-order valence-electron chi connectivity index (χ0n) is 14.5. The lowest BCUT2D eigenvalue weighted by Gasteiger charge is -2.20. The van der Waals surface area contributed by atoms with Crippen LogP contribution in [0.2, 0.25) is 0 Å². The number of rotatable bonds is 6. The van der Waals surface area contributed by atoms with Crippen molar-refractivity contribution in [2.75, 3.05) is 6.54 Å². The molecule has 136 valence electrons. The average Bonchev–Trinajstić information content (AvgIpc) is 3.14. The smallest absolute Gasteiger partial charge is 0.407 e. The molecule has 0 saturated carbocycles. The maximum atomic E-state index is 12.4. The normalized spacial score (nSPS) is 18.9. The van der Waals surface area contributed by atoms with Gasteiger partial charge < -0.3 is 20.7 Å². The fourth-order valence-electron chi connectivity index (χ4n) is 2.95. The lowest BCUT2D eigenvalue weighted by atomic mass is 10.1. The second-order valence-corrected chi connectivity index (χ2v) is 6.24. The highest BCUT2D eigenvalue weighted by molar-refractivity contribution is 5.83. The molecule has 1 fully saturated rings. The molecule has 1 saturated heterocycles. The van der Waals surface area contributed by atoms with Crippen molar-refractivity contribution in [1.29, 1.82) is 0 Å². The summed E-state index contributed by atoms with van der Waals surface area (Å²) >= 11 is 0. The first kappa shape index (κ1) is 17.9. The molecule has 6 nitrogen and oxygen atoms in total. The molecule has 3 rings (SSSR count). The molecule has 2 aromatic rings. The van der Waals surface area contributed by atoms with Crippen LogP contribution < -0.4 is 16.0 Å². The summed E-state index contributed by atoms with van der Waals surface area (Å²) in [6.07, 6.45) is 0.174. The van der Waals surface area contributed by atoms with Gasteiger partial charge in [-0.3, -0.25) is 4.79 Å². The number of ether oxygens (including phenoxy) is 1. The SMILES string of the molecule is O=C(N[C@@H]1CCN[C@H]1C(=O)NCc1ccccc1)OCc1ccccc1. The average molecular weight is 353 g/mol. The van der Waals surface area contributed by atoms with Crippen LogP contribution in [0.25, 0.3) is 0 Å². The quantitative estimate of drug-likeness (QED) is 0.742. The molecule has 0 bridgehead atoms. The Kier molecular flexibility index (Phi) is 6.22. The van der Waals surface area contributed by atoms with E-state index in [0.717, 1.165) is 11.1 Å². The highest BCUT2D eigenvalue weighted by Crippen LogP contribution is 2.09. The first-order valence-corrected chi connectivity index (χ1v) is 8.74. The molecule has 1 aliphatic heterocycles. The standard InChI is InChI=1S/C20H23N3O3/c24-19(22-13-15-7-3-1-4-8-15)18-17(11-12-21-18)23-20(25)26-14-16-9-5-2-6-10-16/h1-10,17-18,21H,11-14H2,(H,22,24)(H,23,25)/t17-,18-/m1/s1. The Labute approximate surface area is 152 Å². The molecular weight excluding hydrogens is 330 g/mol. The molecule has 3 N–H and O–H groups in total. The number of hydrogen-bond acceptors (Lipinski definition) is 4. The Bertz CT molecular complexity index is 722. The Morgan fingerprint density at radius 1 is 1.00 bits per heavy atom. The number of benzene rings is 2. The monoisotopic (exact) mass is 353 g/mol. The van der Waals surface area contributed by atoms with Gasteiger partial charge in [-0.2, -0.15) is 0 Å². The van der Waals surface area contributed by atoms with E-state index in [1.807, 2.05) is 60.7 Å². The van der Waals surface area contributed by atoms with Crippen molar-refractivity contribution in [3.05, 3.63) is 71.8 Å². The van der Waals surface area contributed by atoms with Gasteiger partial charge in [0.15, 0.2) is 0 Å². The summed E-state index contributed by atoms with van der Waals surface area (Å²) in [7, 11) is 0. The van der Waals surface area contributed by atoms with Crippen molar-refractivity contribution in [3.63, 3.8) is 0 Å². The van der Waals surface area contributed by atoms with Gasteiger partial charge in [-0.1, -0.05) is 60.7 Å². The molecule has 2 amide bonds. The number of carbonyl (C=O) groups is 2. The Morgan fingerprint density at radius 3 is 2.35 bits per heavy atom. The highest BCUT2D eigenvalue weighted by Gasteiger charge is 2.33. The first-order chi connectivity index (χ1) is 12.7. The van der Waals surface area contributed by atoms with Crippen LogP contribution in [0, 0.1) is 0 Å². The predicted octanol–water partition coefficient (Wildman–Crippen LogP) is 1.96. The number of carbonyl (C=O) groups excluding carboxylic acids is 2. The third-order valence-corrected chi connectivity index (χ3v) is 4.33. The summed E-state index contributed by atoms with van der Waals surface area (Å²) in [5, 5.41) is 8.84. The van der Waals surface area contributed by atoms with Crippen molar-refractivity contribution >= 4 is 12.0 Å². The lowest BCUT2D eigenvalue weighted by Crippen LogP contribution is -2.51. The summed E-state index contributed by atoms with van der Waals surface area (Å²) < 4.78 is 5.24. The third kappa shape index (κ3) is 5.07. The fraction of sp³-hybridized carbons (Fsp3) is 0.300. The van der Waals surface area contributed by atoms with Gasteiger partial charge in [0.05, 0.1) is 6.04 Å². The Morgan fingerprint density at radius 2 is 1.65 bits per heavy atom. The topological polar surface area (TPSA) is 79.5 Å². The van der Waals surface area contributed by atoms with Gasteiger partial charge in [-0.05, 0) is 24.1 Å². The minimum atomic E-state index is -0.511. The van der Waals surface area contributed by atoms with E-state index in [-0.39, 0.29) is 18.6 Å². The highest BCUT2D eigenvalue weighted by atomic mass is 16.5. The van der Waals surface area contributed by atoms with Gasteiger partial charge in [0, 0.05) is 6.54 Å². The van der Waals surface area contributed by atoms with Crippen LogP contribution in [-0.2, 0) is 22.7 Å². The summed E-state index contributed by atoms with van der Waals surface area (Å²) in [4.78, 5) is 24.5. The van der Waals surface area contributed by atoms with Crippen molar-refractivity contribution in [1.82, 2.24) is 16.0 Å². The zero-order valence-corrected chi connectivity index (χ0v) is 14.5. The van der Waals surface area contributed by atoms with Gasteiger partial charge >= 0.3 is 6.09 Å². The summed E-state index contributed by atoms with van der Waals surface area (Å²) in [5.74, 6) is -0.125. The Hall–Kier alpha value is -2.86. The molecule has 0 radical (unpaired) electrons. The molecule has 1 aliphatic rings. The molecule has 1 heterocycles. The van der Waals surface area contributed by atoms with Crippen LogP contribution in [0.1, 0.15) is 17.5 Å². The molecule has 0 unspecified atom stereocenters. The number of amides is 2. The van der Waals surface area contributed by atoms with E-state index in [2.05, 4.69) is 16.0 Å². The van der Waals surface area contributed by atoms with E-state index in [1.54, 1.807) is 0 Å². The largest absolute Gasteiger partial charge is 0.445 e. The minimum Gasteiger partial charge on any atom is -0.445 e. The molecule has 26 heavy (non-hydrogen) atoms.